The van der Waals surface area contributed by atoms with Crippen LogP contribution in [0, 0.1) is 20.2 Å². The molecular weight excluding hydrogens is 556 g/mol. The quantitative estimate of drug-likeness (QED) is 0.139. The zero-order valence-corrected chi connectivity index (χ0v) is 22.0. The van der Waals surface area contributed by atoms with Crippen LogP contribution in [0.1, 0.15) is 33.2 Å². The number of benzene rings is 3. The summed E-state index contributed by atoms with van der Waals surface area (Å²) in [5, 5.41) is 21.9. The summed E-state index contributed by atoms with van der Waals surface area (Å²) in [6.07, 6.45) is -4.92. The van der Waals surface area contributed by atoms with E-state index in [1.807, 2.05) is 6.07 Å². The average Bonchev–Trinajstić information content (AvgIpc) is 3.29. The molecule has 0 aromatic heterocycles. The molecule has 3 aromatic rings. The SMILES string of the molecule is CC(=O)OC1OC(COC(=O)c2ccc([N+](=O)[O-])cc2)C(OC(=O)c2ccc([N+](=O)[O-])cc2)C1OCc1ccccc1. The molecule has 218 valence electrons. The molecule has 4 rings (SSSR count). The molecule has 0 spiro atoms. The first-order valence-corrected chi connectivity index (χ1v) is 12.5. The molecule has 1 aliphatic rings. The van der Waals surface area contributed by atoms with E-state index < -0.39 is 59.0 Å². The largest absolute Gasteiger partial charge is 0.459 e. The monoisotopic (exact) mass is 580 g/mol. The predicted molar refractivity (Wildman–Crippen MR) is 141 cm³/mol. The van der Waals surface area contributed by atoms with Gasteiger partial charge in [0.05, 0.1) is 27.6 Å². The minimum Gasteiger partial charge on any atom is -0.459 e. The highest BCUT2D eigenvalue weighted by Gasteiger charge is 2.50. The van der Waals surface area contributed by atoms with Crippen LogP contribution in [0.15, 0.2) is 78.9 Å². The number of non-ortho nitro benzene ring substituents is 2. The van der Waals surface area contributed by atoms with Crippen LogP contribution in [-0.4, -0.2) is 59.0 Å². The first-order valence-electron chi connectivity index (χ1n) is 12.5. The van der Waals surface area contributed by atoms with Crippen LogP contribution in [0.4, 0.5) is 11.4 Å². The zero-order chi connectivity index (χ0) is 30.2. The highest BCUT2D eigenvalue weighted by atomic mass is 16.7. The summed E-state index contributed by atoms with van der Waals surface area (Å²) in [7, 11) is 0. The molecule has 14 heteroatoms. The number of carbonyl (C=O) groups excluding carboxylic acids is 3. The highest BCUT2D eigenvalue weighted by Crippen LogP contribution is 2.30. The minimum absolute atomic E-state index is 0.0139. The Morgan fingerprint density at radius 3 is 1.83 bits per heavy atom. The van der Waals surface area contributed by atoms with Crippen molar-refractivity contribution in [2.24, 2.45) is 0 Å². The summed E-state index contributed by atoms with van der Waals surface area (Å²) < 4.78 is 28.1. The Bertz CT molecular complexity index is 1440. The lowest BCUT2D eigenvalue weighted by Crippen LogP contribution is -2.41. The summed E-state index contributed by atoms with van der Waals surface area (Å²) in [5.74, 6) is -2.44. The van der Waals surface area contributed by atoms with Crippen molar-refractivity contribution in [2.45, 2.75) is 38.1 Å². The van der Waals surface area contributed by atoms with E-state index in [1.165, 1.54) is 24.3 Å². The molecule has 0 saturated carbocycles. The molecule has 42 heavy (non-hydrogen) atoms. The molecule has 4 atom stereocenters. The zero-order valence-electron chi connectivity index (χ0n) is 22.0. The number of esters is 3. The molecule has 4 unspecified atom stereocenters. The van der Waals surface area contributed by atoms with E-state index in [9.17, 15) is 34.6 Å². The topological polar surface area (TPSA) is 184 Å². The molecule has 0 amide bonds. The number of carbonyl (C=O) groups is 3. The van der Waals surface area contributed by atoms with Crippen LogP contribution in [-0.2, 0) is 35.1 Å². The van der Waals surface area contributed by atoms with E-state index >= 15 is 0 Å². The van der Waals surface area contributed by atoms with Crippen molar-refractivity contribution in [1.82, 2.24) is 0 Å². The van der Waals surface area contributed by atoms with Crippen LogP contribution in [0.2, 0.25) is 0 Å². The standard InChI is InChI=1S/C28H24N2O12/c1-17(31)40-28-25(38-15-18-5-3-2-4-6-18)24(42-27(33)20-9-13-22(14-10-20)30(36)37)23(41-28)16-39-26(32)19-7-11-21(12-8-19)29(34)35/h2-14,23-25,28H,15-16H2,1H3. The molecule has 0 bridgehead atoms. The summed E-state index contributed by atoms with van der Waals surface area (Å²) in [5.41, 5.74) is 0.316. The summed E-state index contributed by atoms with van der Waals surface area (Å²) in [4.78, 5) is 58.2. The van der Waals surface area contributed by atoms with Gasteiger partial charge >= 0.3 is 17.9 Å². The third-order valence-corrected chi connectivity index (χ3v) is 6.08. The van der Waals surface area contributed by atoms with Gasteiger partial charge in [0.25, 0.3) is 11.4 Å². The lowest BCUT2D eigenvalue weighted by atomic mass is 10.1. The maximum atomic E-state index is 13.0. The molecule has 0 radical (unpaired) electrons. The van der Waals surface area contributed by atoms with E-state index in [0.717, 1.165) is 36.8 Å². The Kier molecular flexibility index (Phi) is 9.52. The normalized spacial score (nSPS) is 19.5. The van der Waals surface area contributed by atoms with Crippen molar-refractivity contribution in [3.8, 4) is 0 Å². The third-order valence-electron chi connectivity index (χ3n) is 6.08. The highest BCUT2D eigenvalue weighted by molar-refractivity contribution is 5.90. The lowest BCUT2D eigenvalue weighted by Gasteiger charge is -2.24. The van der Waals surface area contributed by atoms with E-state index in [-0.39, 0.29) is 29.1 Å². The number of rotatable bonds is 11. The fraction of sp³-hybridized carbons (Fsp3) is 0.250. The average molecular weight is 581 g/mol. The van der Waals surface area contributed by atoms with Crippen LogP contribution in [0.3, 0.4) is 0 Å². The molecule has 0 aliphatic carbocycles. The molecule has 1 heterocycles. The fourth-order valence-corrected chi connectivity index (χ4v) is 4.04. The van der Waals surface area contributed by atoms with Gasteiger partial charge in [-0.05, 0) is 29.8 Å². The smallest absolute Gasteiger partial charge is 0.338 e. The second-order valence-corrected chi connectivity index (χ2v) is 8.99. The molecule has 0 N–H and O–H groups in total. The number of nitro groups is 2. The summed E-state index contributed by atoms with van der Waals surface area (Å²) in [6.45, 7) is 0.696. The van der Waals surface area contributed by atoms with Gasteiger partial charge in [-0.1, -0.05) is 30.3 Å². The minimum atomic E-state index is -1.34. The van der Waals surface area contributed by atoms with Gasteiger partial charge in [0, 0.05) is 31.2 Å². The van der Waals surface area contributed by atoms with Crippen molar-refractivity contribution in [1.29, 1.82) is 0 Å². The Labute approximate surface area is 238 Å². The van der Waals surface area contributed by atoms with Crippen LogP contribution in [0.25, 0.3) is 0 Å². The number of ether oxygens (including phenoxy) is 5. The van der Waals surface area contributed by atoms with Gasteiger partial charge in [-0.2, -0.15) is 0 Å². The van der Waals surface area contributed by atoms with Crippen molar-refractivity contribution in [3.05, 3.63) is 116 Å². The van der Waals surface area contributed by atoms with Gasteiger partial charge in [0.15, 0.2) is 12.2 Å². The molecule has 3 aromatic carbocycles. The van der Waals surface area contributed by atoms with Gasteiger partial charge in [-0.3, -0.25) is 25.0 Å². The predicted octanol–water partition coefficient (Wildman–Crippen LogP) is 3.76. The van der Waals surface area contributed by atoms with Crippen LogP contribution < -0.4 is 0 Å². The van der Waals surface area contributed by atoms with Gasteiger partial charge in [-0.25, -0.2) is 9.59 Å². The van der Waals surface area contributed by atoms with E-state index in [4.69, 9.17) is 23.7 Å². The summed E-state index contributed by atoms with van der Waals surface area (Å²) in [6, 6.07) is 18.4. The third kappa shape index (κ3) is 7.50. The number of hydrogen-bond donors (Lipinski definition) is 0. The second-order valence-electron chi connectivity index (χ2n) is 8.99. The Balaban J connectivity index is 1.55. The second kappa shape index (κ2) is 13.4. The van der Waals surface area contributed by atoms with Crippen LogP contribution >= 0.6 is 0 Å². The van der Waals surface area contributed by atoms with Gasteiger partial charge < -0.3 is 23.7 Å². The molecule has 1 aliphatic heterocycles. The maximum Gasteiger partial charge on any atom is 0.338 e. The van der Waals surface area contributed by atoms with E-state index in [2.05, 4.69) is 0 Å². The van der Waals surface area contributed by atoms with Gasteiger partial charge in [0.1, 0.15) is 12.7 Å². The number of nitro benzene ring substituents is 2. The molecule has 1 fully saturated rings. The maximum absolute atomic E-state index is 13.0. The fourth-order valence-electron chi connectivity index (χ4n) is 4.04. The van der Waals surface area contributed by atoms with Gasteiger partial charge in [-0.15, -0.1) is 0 Å². The van der Waals surface area contributed by atoms with Crippen molar-refractivity contribution >= 4 is 29.3 Å². The Morgan fingerprint density at radius 2 is 1.31 bits per heavy atom. The van der Waals surface area contributed by atoms with Crippen molar-refractivity contribution in [2.75, 3.05) is 6.61 Å². The first kappa shape index (κ1) is 29.8. The first-order chi connectivity index (χ1) is 20.1. The van der Waals surface area contributed by atoms with Crippen molar-refractivity contribution in [3.63, 3.8) is 0 Å². The Hall–Kier alpha value is -5.21. The molecule has 14 nitrogen and oxygen atoms in total. The molecular formula is C28H24N2O12. The van der Waals surface area contributed by atoms with Crippen LogP contribution in [0.5, 0.6) is 0 Å². The van der Waals surface area contributed by atoms with Gasteiger partial charge in [0.2, 0.25) is 6.29 Å². The van der Waals surface area contributed by atoms with E-state index in [0.29, 0.717) is 0 Å². The number of hydrogen-bond acceptors (Lipinski definition) is 12. The van der Waals surface area contributed by atoms with E-state index in [1.54, 1.807) is 24.3 Å². The molecule has 1 saturated heterocycles. The lowest BCUT2D eigenvalue weighted by molar-refractivity contribution is -0.385. The number of nitrogens with zero attached hydrogens (tertiary/aromatic N) is 2. The van der Waals surface area contributed by atoms with Crippen molar-refractivity contribution < 1.29 is 47.9 Å². The summed E-state index contributed by atoms with van der Waals surface area (Å²) >= 11 is 0. The Morgan fingerprint density at radius 1 is 0.762 bits per heavy atom.